The minimum absolute atomic E-state index is 0.0210. The first-order valence-electron chi connectivity index (χ1n) is 38.5. The highest BCUT2D eigenvalue weighted by Crippen LogP contribution is 2.56. The van der Waals surface area contributed by atoms with Crippen molar-refractivity contribution in [1.82, 2.24) is 4.57 Å². The number of fused-ring (bicyclic) bond motifs is 9. The van der Waals surface area contributed by atoms with Crippen molar-refractivity contribution >= 4 is 79.0 Å². The number of hydrogen-bond donors (Lipinski definition) is 0. The van der Waals surface area contributed by atoms with Crippen molar-refractivity contribution in [2.45, 2.75) is 90.9 Å². The van der Waals surface area contributed by atoms with E-state index < -0.39 is 0 Å². The number of aromatic nitrogens is 1. The third-order valence-electron chi connectivity index (χ3n) is 23.4. The highest BCUT2D eigenvalue weighted by Gasteiger charge is 2.47. The maximum absolute atomic E-state index is 2.76. The van der Waals surface area contributed by atoms with Gasteiger partial charge in [0.05, 0.1) is 22.4 Å². The summed E-state index contributed by atoms with van der Waals surface area (Å²) < 4.78 is 2.57. The molecule has 0 bridgehead atoms. The number of benzene rings is 15. The van der Waals surface area contributed by atoms with Crippen LogP contribution in [-0.4, -0.2) is 11.3 Å². The molecule has 0 saturated carbocycles. The molecule has 520 valence electrons. The van der Waals surface area contributed by atoms with Crippen molar-refractivity contribution in [3.05, 3.63) is 384 Å². The molecule has 16 aromatic rings. The lowest BCUT2D eigenvalue weighted by atomic mass is 9.33. The molecule has 0 saturated heterocycles. The van der Waals surface area contributed by atoms with Gasteiger partial charge in [0.1, 0.15) is 0 Å². The molecule has 108 heavy (non-hydrogen) atoms. The van der Waals surface area contributed by atoms with Crippen molar-refractivity contribution in [2.75, 3.05) is 9.80 Å². The zero-order valence-corrected chi connectivity index (χ0v) is 63.0. The molecule has 3 heterocycles. The van der Waals surface area contributed by atoms with E-state index in [0.29, 0.717) is 0 Å². The maximum atomic E-state index is 2.76. The van der Waals surface area contributed by atoms with Crippen LogP contribution in [0.2, 0.25) is 0 Å². The number of nitrogens with zero attached hydrogens (tertiary/aromatic N) is 3. The number of anilines is 6. The van der Waals surface area contributed by atoms with E-state index in [-0.39, 0.29) is 28.9 Å². The van der Waals surface area contributed by atoms with Crippen LogP contribution in [0.25, 0.3) is 94.3 Å². The van der Waals surface area contributed by atoms with Crippen LogP contribution in [0.15, 0.2) is 340 Å². The standard InChI is InChI=1S/C104H86BN3/c1-102(2,3)78-49-54-92-88(62-78)89-63-79(103(4,5)6)50-55-93(89)106(92)81-51-53-91-95(66-81)108(101-86(71-40-24-14-25-41-71)59-77(68-34-18-11-19-35-68)60-87(101)72-42-26-15-27-43-72)97-65-80(104(7,8)9)64-96-99(97)105(91)90-52-48-75(98-82-46-30-28-44-73(82)56-74-45-29-31-47-83(74)98)61-94(90)107(96)100-84(69-36-20-12-21-37-69)57-76(67-32-16-10-17-33-67)58-85(100)70-38-22-13-23-39-70/h10-55,57-66,98H,56H2,1-9H3. The van der Waals surface area contributed by atoms with Crippen LogP contribution in [0, 0.1) is 0 Å². The van der Waals surface area contributed by atoms with Gasteiger partial charge in [-0.1, -0.05) is 323 Å². The Hall–Kier alpha value is -12.2. The Morgan fingerprint density at radius 3 is 1.03 bits per heavy atom. The molecular weight excluding hydrogens is 1300 g/mol. The van der Waals surface area contributed by atoms with E-state index in [2.05, 4.69) is 416 Å². The van der Waals surface area contributed by atoms with Crippen molar-refractivity contribution in [3.63, 3.8) is 0 Å². The Labute approximate surface area is 636 Å². The molecule has 0 spiro atoms. The number of rotatable bonds is 10. The van der Waals surface area contributed by atoms with Crippen LogP contribution in [0.4, 0.5) is 34.1 Å². The maximum Gasteiger partial charge on any atom is 0.252 e. The predicted molar refractivity (Wildman–Crippen MR) is 460 cm³/mol. The third-order valence-corrected chi connectivity index (χ3v) is 23.4. The first-order chi connectivity index (χ1) is 52.5. The van der Waals surface area contributed by atoms with Crippen LogP contribution in [0.3, 0.4) is 0 Å². The smallest absolute Gasteiger partial charge is 0.252 e. The van der Waals surface area contributed by atoms with E-state index in [0.717, 1.165) is 102 Å². The largest absolute Gasteiger partial charge is 0.310 e. The monoisotopic (exact) mass is 1390 g/mol. The molecule has 0 amide bonds. The van der Waals surface area contributed by atoms with E-state index >= 15 is 0 Å². The molecule has 4 heteroatoms. The van der Waals surface area contributed by atoms with Gasteiger partial charge in [0.15, 0.2) is 0 Å². The Balaban J connectivity index is 0.990. The van der Waals surface area contributed by atoms with Crippen molar-refractivity contribution in [2.24, 2.45) is 0 Å². The van der Waals surface area contributed by atoms with Crippen LogP contribution in [-0.2, 0) is 22.7 Å². The molecule has 1 aromatic heterocycles. The predicted octanol–water partition coefficient (Wildman–Crippen LogP) is 25.8. The summed E-state index contributed by atoms with van der Waals surface area (Å²) in [6, 6.07) is 130. The van der Waals surface area contributed by atoms with Crippen molar-refractivity contribution in [3.8, 4) is 72.4 Å². The van der Waals surface area contributed by atoms with Gasteiger partial charge < -0.3 is 14.4 Å². The van der Waals surface area contributed by atoms with Gasteiger partial charge in [-0.15, -0.1) is 0 Å². The third kappa shape index (κ3) is 11.3. The molecule has 0 fully saturated rings. The molecule has 2 aliphatic heterocycles. The molecule has 0 N–H and O–H groups in total. The van der Waals surface area contributed by atoms with Gasteiger partial charge >= 0.3 is 0 Å². The highest BCUT2D eigenvalue weighted by molar-refractivity contribution is 7.00. The quantitative estimate of drug-likeness (QED) is 0.126. The lowest BCUT2D eigenvalue weighted by Gasteiger charge is -2.47. The highest BCUT2D eigenvalue weighted by atomic mass is 15.2. The normalized spacial score (nSPS) is 13.3. The Morgan fingerprint density at radius 2 is 0.639 bits per heavy atom. The fraction of sp³-hybridized carbons (Fsp3) is 0.135. The molecule has 15 aromatic carbocycles. The van der Waals surface area contributed by atoms with Crippen LogP contribution < -0.4 is 26.2 Å². The van der Waals surface area contributed by atoms with E-state index in [1.807, 2.05) is 0 Å². The molecule has 3 aliphatic rings. The van der Waals surface area contributed by atoms with E-state index in [9.17, 15) is 0 Å². The summed E-state index contributed by atoms with van der Waals surface area (Å²) in [4.78, 5) is 5.50. The summed E-state index contributed by atoms with van der Waals surface area (Å²) in [6.07, 6.45) is 0.898. The van der Waals surface area contributed by atoms with Gasteiger partial charge in [-0.3, -0.25) is 0 Å². The average molecular weight is 1390 g/mol. The summed E-state index contributed by atoms with van der Waals surface area (Å²) in [5.41, 5.74) is 38.0. The van der Waals surface area contributed by atoms with Crippen molar-refractivity contribution < 1.29 is 0 Å². The van der Waals surface area contributed by atoms with Crippen LogP contribution in [0.5, 0.6) is 0 Å². The molecule has 1 aliphatic carbocycles. The second-order valence-electron chi connectivity index (χ2n) is 33.2. The minimum atomic E-state index is -0.345. The average Bonchev–Trinajstić information content (AvgIpc) is 0.717. The van der Waals surface area contributed by atoms with E-state index in [1.54, 1.807) is 0 Å². The zero-order valence-electron chi connectivity index (χ0n) is 63.0. The van der Waals surface area contributed by atoms with Gasteiger partial charge in [-0.25, -0.2) is 0 Å². The van der Waals surface area contributed by atoms with Gasteiger partial charge in [0, 0.05) is 67.4 Å². The summed E-state index contributed by atoms with van der Waals surface area (Å²) >= 11 is 0. The molecule has 0 atom stereocenters. The first-order valence-corrected chi connectivity index (χ1v) is 38.5. The van der Waals surface area contributed by atoms with Crippen LogP contribution >= 0.6 is 0 Å². The lowest BCUT2D eigenvalue weighted by Crippen LogP contribution is -2.61. The SMILES string of the molecule is CC(C)(C)c1cc2c3c(c1)N(c1c(-c4ccccc4)cc(-c4ccccc4)cc1-c1ccccc1)c1cc(-n4c5ccc(C(C)(C)C)cc5c5cc(C(C)(C)C)ccc54)ccc1B3c1ccc(C3c4ccccc4Cc4ccccc43)cc1N2c1c(-c2ccccc2)cc(-c2ccccc2)cc1-c1ccccc1. The Morgan fingerprint density at radius 1 is 0.287 bits per heavy atom. The second-order valence-corrected chi connectivity index (χ2v) is 33.2. The molecule has 0 radical (unpaired) electrons. The Kier molecular flexibility index (Phi) is 15.9. The van der Waals surface area contributed by atoms with Gasteiger partial charge in [0.25, 0.3) is 6.71 Å². The first kappa shape index (κ1) is 66.4. The molecule has 3 nitrogen and oxygen atoms in total. The van der Waals surface area contributed by atoms with E-state index in [1.165, 1.54) is 94.0 Å². The fourth-order valence-corrected chi connectivity index (χ4v) is 17.8. The molecule has 0 unspecified atom stereocenters. The fourth-order valence-electron chi connectivity index (χ4n) is 17.8. The summed E-state index contributed by atoms with van der Waals surface area (Å²) in [5, 5.41) is 2.53. The molecular formula is C104H86BN3. The van der Waals surface area contributed by atoms with Crippen LogP contribution in [0.1, 0.15) is 113 Å². The zero-order chi connectivity index (χ0) is 73.3. The number of hydrogen-bond acceptors (Lipinski definition) is 2. The topological polar surface area (TPSA) is 11.4 Å². The van der Waals surface area contributed by atoms with Gasteiger partial charge in [-0.05, 0) is 207 Å². The van der Waals surface area contributed by atoms with Crippen molar-refractivity contribution in [1.29, 1.82) is 0 Å². The summed E-state index contributed by atoms with van der Waals surface area (Å²) in [6.45, 7) is 21.0. The lowest BCUT2D eigenvalue weighted by molar-refractivity contribution is 0.590. The Bertz CT molecular complexity index is 5960. The summed E-state index contributed by atoms with van der Waals surface area (Å²) in [7, 11) is 0. The minimum Gasteiger partial charge on any atom is -0.310 e. The van der Waals surface area contributed by atoms with Gasteiger partial charge in [0.2, 0.25) is 0 Å². The van der Waals surface area contributed by atoms with Gasteiger partial charge in [-0.2, -0.15) is 0 Å². The second kappa shape index (κ2) is 25.8. The van der Waals surface area contributed by atoms with E-state index in [4.69, 9.17) is 0 Å². The molecule has 19 rings (SSSR count). The summed E-state index contributed by atoms with van der Waals surface area (Å²) in [5.74, 6) is -0.0210.